The van der Waals surface area contributed by atoms with Gasteiger partial charge in [-0.3, -0.25) is 9.59 Å². The van der Waals surface area contributed by atoms with E-state index >= 15 is 0 Å². The van der Waals surface area contributed by atoms with E-state index in [0.717, 1.165) is 51.1 Å². The predicted octanol–water partition coefficient (Wildman–Crippen LogP) is 3.17. The van der Waals surface area contributed by atoms with E-state index in [1.807, 2.05) is 17.0 Å². The van der Waals surface area contributed by atoms with E-state index in [2.05, 4.69) is 17.0 Å². The van der Waals surface area contributed by atoms with Crippen molar-refractivity contribution in [1.82, 2.24) is 19.9 Å². The standard InChI is InChI=1S/C24H31ClN4O4/c1-2-27-10-12-28(13-11-27)23(30)8-9-29(17-20-7-4-14-32-20)24(31)21-16-22(33-26-21)18-5-3-6-19(25)15-18/h3,5-6,15-16,20H,2,4,7-14,17H2,1H3/t20-/m1/s1. The summed E-state index contributed by atoms with van der Waals surface area (Å²) in [6.45, 7) is 7.86. The third-order valence-corrected chi connectivity index (χ3v) is 6.58. The van der Waals surface area contributed by atoms with Crippen molar-refractivity contribution in [3.8, 4) is 11.3 Å². The lowest BCUT2D eigenvalue weighted by atomic mass is 10.1. The van der Waals surface area contributed by atoms with Gasteiger partial charge in [0, 0.05) is 68.9 Å². The van der Waals surface area contributed by atoms with Crippen LogP contribution < -0.4 is 0 Å². The van der Waals surface area contributed by atoms with Crippen molar-refractivity contribution in [2.75, 3.05) is 52.4 Å². The molecule has 2 aliphatic rings. The van der Waals surface area contributed by atoms with Gasteiger partial charge in [0.25, 0.3) is 5.91 Å². The number of amides is 2. The highest BCUT2D eigenvalue weighted by atomic mass is 35.5. The van der Waals surface area contributed by atoms with Crippen molar-refractivity contribution < 1.29 is 18.8 Å². The Morgan fingerprint density at radius 3 is 2.73 bits per heavy atom. The largest absolute Gasteiger partial charge is 0.376 e. The van der Waals surface area contributed by atoms with Gasteiger partial charge in [0.1, 0.15) is 0 Å². The number of benzene rings is 1. The molecule has 0 N–H and O–H groups in total. The van der Waals surface area contributed by atoms with Gasteiger partial charge in [0.2, 0.25) is 5.91 Å². The number of piperazine rings is 1. The molecule has 178 valence electrons. The van der Waals surface area contributed by atoms with Gasteiger partial charge >= 0.3 is 0 Å². The number of rotatable bonds is 8. The molecule has 1 aromatic heterocycles. The van der Waals surface area contributed by atoms with Gasteiger partial charge in [-0.05, 0) is 31.5 Å². The normalized spacial score (nSPS) is 19.1. The highest BCUT2D eigenvalue weighted by Crippen LogP contribution is 2.24. The molecule has 0 radical (unpaired) electrons. The second kappa shape index (κ2) is 11.1. The molecule has 9 heteroatoms. The number of ether oxygens (including phenoxy) is 1. The van der Waals surface area contributed by atoms with Crippen LogP contribution in [0.2, 0.25) is 5.02 Å². The van der Waals surface area contributed by atoms with Crippen LogP contribution >= 0.6 is 11.6 Å². The Morgan fingerprint density at radius 1 is 1.21 bits per heavy atom. The van der Waals surface area contributed by atoms with Crippen molar-refractivity contribution in [3.63, 3.8) is 0 Å². The summed E-state index contributed by atoms with van der Waals surface area (Å²) in [5.74, 6) is 0.296. The minimum atomic E-state index is -0.258. The second-order valence-corrected chi connectivity index (χ2v) is 8.97. The van der Waals surface area contributed by atoms with Gasteiger partial charge in [-0.25, -0.2) is 0 Å². The van der Waals surface area contributed by atoms with Gasteiger partial charge in [-0.2, -0.15) is 0 Å². The van der Waals surface area contributed by atoms with Crippen LogP contribution in [0.15, 0.2) is 34.9 Å². The molecule has 0 spiro atoms. The molecule has 0 unspecified atom stereocenters. The smallest absolute Gasteiger partial charge is 0.276 e. The van der Waals surface area contributed by atoms with Crippen LogP contribution in [0.25, 0.3) is 11.3 Å². The first-order chi connectivity index (χ1) is 16.0. The lowest BCUT2D eigenvalue weighted by Crippen LogP contribution is -2.49. The van der Waals surface area contributed by atoms with Crippen LogP contribution in [0.1, 0.15) is 36.7 Å². The molecule has 0 aliphatic carbocycles. The van der Waals surface area contributed by atoms with E-state index in [9.17, 15) is 9.59 Å². The Kier molecular flexibility index (Phi) is 8.01. The minimum Gasteiger partial charge on any atom is -0.376 e. The summed E-state index contributed by atoms with van der Waals surface area (Å²) in [4.78, 5) is 32.0. The molecule has 33 heavy (non-hydrogen) atoms. The molecule has 8 nitrogen and oxygen atoms in total. The SMILES string of the molecule is CCN1CCN(C(=O)CCN(C[C@H]2CCCO2)C(=O)c2cc(-c3cccc(Cl)c3)on2)CC1. The Hall–Kier alpha value is -2.42. The lowest BCUT2D eigenvalue weighted by Gasteiger charge is -2.34. The number of hydrogen-bond acceptors (Lipinski definition) is 6. The van der Waals surface area contributed by atoms with E-state index in [1.54, 1.807) is 23.1 Å². The molecule has 2 saturated heterocycles. The third kappa shape index (κ3) is 6.13. The Morgan fingerprint density at radius 2 is 2.03 bits per heavy atom. The minimum absolute atomic E-state index is 0.0172. The Balaban J connectivity index is 1.41. The molecule has 0 saturated carbocycles. The highest BCUT2D eigenvalue weighted by molar-refractivity contribution is 6.30. The molecule has 4 rings (SSSR count). The summed E-state index contributed by atoms with van der Waals surface area (Å²) in [7, 11) is 0. The van der Waals surface area contributed by atoms with Gasteiger partial charge in [-0.1, -0.05) is 35.8 Å². The lowest BCUT2D eigenvalue weighted by molar-refractivity contribution is -0.133. The maximum absolute atomic E-state index is 13.3. The molecule has 1 aromatic carbocycles. The first-order valence-corrected chi connectivity index (χ1v) is 12.0. The Bertz CT molecular complexity index is 951. The third-order valence-electron chi connectivity index (χ3n) is 6.34. The van der Waals surface area contributed by atoms with Gasteiger partial charge in [0.15, 0.2) is 11.5 Å². The van der Waals surface area contributed by atoms with Crippen LogP contribution in [0.5, 0.6) is 0 Å². The zero-order chi connectivity index (χ0) is 23.2. The number of halogens is 1. The molecule has 1 atom stereocenters. The van der Waals surface area contributed by atoms with Gasteiger partial charge in [0.05, 0.1) is 6.10 Å². The van der Waals surface area contributed by atoms with E-state index in [0.29, 0.717) is 30.5 Å². The predicted molar refractivity (Wildman–Crippen MR) is 125 cm³/mol. The second-order valence-electron chi connectivity index (χ2n) is 8.54. The molecular weight excluding hydrogens is 444 g/mol. The fourth-order valence-electron chi connectivity index (χ4n) is 4.33. The van der Waals surface area contributed by atoms with Crippen molar-refractivity contribution in [2.24, 2.45) is 0 Å². The zero-order valence-electron chi connectivity index (χ0n) is 19.0. The molecule has 2 fully saturated rings. The van der Waals surface area contributed by atoms with Crippen LogP contribution in [-0.2, 0) is 9.53 Å². The zero-order valence-corrected chi connectivity index (χ0v) is 19.8. The fourth-order valence-corrected chi connectivity index (χ4v) is 4.52. The van der Waals surface area contributed by atoms with E-state index in [4.69, 9.17) is 20.9 Å². The molecule has 0 bridgehead atoms. The van der Waals surface area contributed by atoms with Gasteiger partial charge < -0.3 is 24.0 Å². The highest BCUT2D eigenvalue weighted by Gasteiger charge is 2.27. The average Bonchev–Trinajstić information content (AvgIpc) is 3.53. The number of aromatic nitrogens is 1. The quantitative estimate of drug-likeness (QED) is 0.584. The van der Waals surface area contributed by atoms with Gasteiger partial charge in [-0.15, -0.1) is 0 Å². The number of likely N-dealkylation sites (N-methyl/N-ethyl adjacent to an activating group) is 1. The van der Waals surface area contributed by atoms with E-state index in [-0.39, 0.29) is 30.0 Å². The first kappa shape index (κ1) is 23.7. The average molecular weight is 475 g/mol. The maximum atomic E-state index is 13.3. The Labute approximate surface area is 199 Å². The van der Waals surface area contributed by atoms with Crippen LogP contribution in [-0.4, -0.2) is 90.2 Å². The monoisotopic (exact) mass is 474 g/mol. The molecule has 2 aliphatic heterocycles. The van der Waals surface area contributed by atoms with Crippen molar-refractivity contribution in [3.05, 3.63) is 41.0 Å². The number of carbonyl (C=O) groups excluding carboxylic acids is 2. The first-order valence-electron chi connectivity index (χ1n) is 11.7. The van der Waals surface area contributed by atoms with Crippen LogP contribution in [0.4, 0.5) is 0 Å². The topological polar surface area (TPSA) is 79.1 Å². The summed E-state index contributed by atoms with van der Waals surface area (Å²) in [5.41, 5.74) is 0.966. The van der Waals surface area contributed by atoms with Crippen molar-refractivity contribution >= 4 is 23.4 Å². The summed E-state index contributed by atoms with van der Waals surface area (Å²) >= 11 is 6.07. The summed E-state index contributed by atoms with van der Waals surface area (Å²) in [5, 5.41) is 4.58. The molecule has 2 amide bonds. The van der Waals surface area contributed by atoms with E-state index in [1.165, 1.54) is 0 Å². The maximum Gasteiger partial charge on any atom is 0.276 e. The number of nitrogens with zero attached hydrogens (tertiary/aromatic N) is 4. The van der Waals surface area contributed by atoms with Crippen molar-refractivity contribution in [1.29, 1.82) is 0 Å². The number of carbonyl (C=O) groups is 2. The molecule has 2 aromatic rings. The number of hydrogen-bond donors (Lipinski definition) is 0. The van der Waals surface area contributed by atoms with Crippen LogP contribution in [0.3, 0.4) is 0 Å². The fraction of sp³-hybridized carbons (Fsp3) is 0.542. The molecular formula is C24H31ClN4O4. The summed E-state index contributed by atoms with van der Waals surface area (Å²) in [6.07, 6.45) is 2.15. The molecule has 3 heterocycles. The summed E-state index contributed by atoms with van der Waals surface area (Å²) in [6, 6.07) is 8.83. The van der Waals surface area contributed by atoms with Crippen molar-refractivity contribution in [2.45, 2.75) is 32.3 Å². The van der Waals surface area contributed by atoms with Crippen LogP contribution in [0, 0.1) is 0 Å². The van der Waals surface area contributed by atoms with E-state index < -0.39 is 0 Å². The summed E-state index contributed by atoms with van der Waals surface area (Å²) < 4.78 is 11.2.